The zero-order valence-electron chi connectivity index (χ0n) is 34.1. The zero-order valence-corrected chi connectivity index (χ0v) is 34.1. The highest BCUT2D eigenvalue weighted by Gasteiger charge is 2.23. The van der Waals surface area contributed by atoms with Crippen molar-refractivity contribution in [2.75, 3.05) is 4.90 Å². The Labute approximate surface area is 362 Å². The molecule has 0 aliphatic carbocycles. The Balaban J connectivity index is 1.12. The van der Waals surface area contributed by atoms with Crippen LogP contribution in [0.25, 0.3) is 83.1 Å². The van der Waals surface area contributed by atoms with Crippen LogP contribution in [0.3, 0.4) is 0 Å². The second-order valence-corrected chi connectivity index (χ2v) is 15.8. The summed E-state index contributed by atoms with van der Waals surface area (Å²) in [6.07, 6.45) is 0. The van der Waals surface area contributed by atoms with E-state index in [1.807, 2.05) is 0 Å². The lowest BCUT2D eigenvalue weighted by molar-refractivity contribution is 1.18. The molecule has 0 atom stereocenters. The Kier molecular flexibility index (Phi) is 9.57. The van der Waals surface area contributed by atoms with Crippen molar-refractivity contribution in [1.29, 1.82) is 0 Å². The first-order chi connectivity index (χ1) is 30.7. The molecule has 0 unspecified atom stereocenters. The maximum Gasteiger partial charge on any atom is 0.0568 e. The Morgan fingerprint density at radius 1 is 0.258 bits per heavy atom. The summed E-state index contributed by atoms with van der Waals surface area (Å²) >= 11 is 0. The predicted octanol–water partition coefficient (Wildman–Crippen LogP) is 16.6. The molecule has 292 valence electrons. The summed E-state index contributed by atoms with van der Waals surface area (Å²) in [6, 6.07) is 92.1. The highest BCUT2D eigenvalue weighted by atomic mass is 15.1. The lowest BCUT2D eigenvalue weighted by Gasteiger charge is -2.28. The van der Waals surface area contributed by atoms with E-state index in [2.05, 4.69) is 264 Å². The van der Waals surface area contributed by atoms with E-state index in [1.54, 1.807) is 0 Å². The molecule has 2 heteroatoms. The van der Waals surface area contributed by atoms with Crippen LogP contribution in [0.1, 0.15) is 0 Å². The van der Waals surface area contributed by atoms with Gasteiger partial charge in [-0.15, -0.1) is 0 Å². The smallest absolute Gasteiger partial charge is 0.0568 e. The molecule has 1 heterocycles. The Morgan fingerprint density at radius 2 is 0.597 bits per heavy atom. The third kappa shape index (κ3) is 6.94. The van der Waals surface area contributed by atoms with Crippen LogP contribution < -0.4 is 4.90 Å². The molecule has 0 fully saturated rings. The van der Waals surface area contributed by atoms with Crippen molar-refractivity contribution in [2.24, 2.45) is 0 Å². The molecule has 0 radical (unpaired) electrons. The third-order valence-electron chi connectivity index (χ3n) is 12.0. The average molecular weight is 791 g/mol. The molecule has 10 aromatic carbocycles. The molecule has 0 spiro atoms. The lowest BCUT2D eigenvalue weighted by atomic mass is 9.97. The molecule has 11 aromatic rings. The van der Waals surface area contributed by atoms with E-state index in [-0.39, 0.29) is 0 Å². The minimum Gasteiger partial charge on any atom is -0.310 e. The van der Waals surface area contributed by atoms with Gasteiger partial charge >= 0.3 is 0 Å². The van der Waals surface area contributed by atoms with Crippen LogP contribution in [0.4, 0.5) is 17.1 Å². The maximum absolute atomic E-state index is 2.45. The maximum atomic E-state index is 2.45. The zero-order chi connectivity index (χ0) is 41.2. The summed E-state index contributed by atoms with van der Waals surface area (Å²) in [5, 5.41) is 2.40. The fourth-order valence-electron chi connectivity index (χ4n) is 8.91. The van der Waals surface area contributed by atoms with Crippen LogP contribution in [-0.4, -0.2) is 4.57 Å². The summed E-state index contributed by atoms with van der Waals surface area (Å²) in [5.74, 6) is 0. The largest absolute Gasteiger partial charge is 0.310 e. The van der Waals surface area contributed by atoms with Gasteiger partial charge in [-0.25, -0.2) is 0 Å². The molecule has 11 rings (SSSR count). The van der Waals surface area contributed by atoms with Crippen LogP contribution in [0.5, 0.6) is 0 Å². The van der Waals surface area contributed by atoms with Gasteiger partial charge < -0.3 is 9.47 Å². The van der Waals surface area contributed by atoms with Crippen molar-refractivity contribution in [1.82, 2.24) is 4.57 Å². The van der Waals surface area contributed by atoms with Gasteiger partial charge in [0.2, 0.25) is 0 Å². The van der Waals surface area contributed by atoms with Gasteiger partial charge in [0.05, 0.1) is 16.7 Å². The van der Waals surface area contributed by atoms with Gasteiger partial charge in [0, 0.05) is 27.8 Å². The molecule has 0 saturated heterocycles. The SMILES string of the molecule is c1ccc(-c2ccc(-c3ccc(N(c4ccc(-c5ccccc5)cc4)c4cc(-c5ccc(-c6ccccc6)cc5)cc5c4c4ccccc4n5-c4ccccc4)cc3)cc2)cc1. The normalized spacial score (nSPS) is 11.2. The molecule has 0 bridgehead atoms. The van der Waals surface area contributed by atoms with Gasteiger partial charge in [0.25, 0.3) is 0 Å². The molecule has 0 N–H and O–H groups in total. The van der Waals surface area contributed by atoms with Crippen LogP contribution in [0.2, 0.25) is 0 Å². The van der Waals surface area contributed by atoms with E-state index in [9.17, 15) is 0 Å². The molecule has 0 aliphatic rings. The molecule has 0 aliphatic heterocycles. The highest BCUT2D eigenvalue weighted by molar-refractivity contribution is 6.17. The van der Waals surface area contributed by atoms with Crippen LogP contribution in [0.15, 0.2) is 255 Å². The van der Waals surface area contributed by atoms with E-state index in [1.165, 1.54) is 60.8 Å². The average Bonchev–Trinajstić information content (AvgIpc) is 3.70. The Hall–Kier alpha value is -8.20. The number of aromatic nitrogens is 1. The predicted molar refractivity (Wildman–Crippen MR) is 263 cm³/mol. The monoisotopic (exact) mass is 790 g/mol. The fraction of sp³-hybridized carbons (Fsp3) is 0. The van der Waals surface area contributed by atoms with Gasteiger partial charge in [-0.05, 0) is 110 Å². The number of nitrogens with zero attached hydrogens (tertiary/aromatic N) is 2. The Bertz CT molecular complexity index is 3260. The number of anilines is 3. The molecule has 1 aromatic heterocycles. The number of hydrogen-bond acceptors (Lipinski definition) is 1. The van der Waals surface area contributed by atoms with E-state index in [0.717, 1.165) is 39.4 Å². The fourth-order valence-corrected chi connectivity index (χ4v) is 8.91. The van der Waals surface area contributed by atoms with Gasteiger partial charge in [-0.3, -0.25) is 0 Å². The van der Waals surface area contributed by atoms with Gasteiger partial charge in [-0.2, -0.15) is 0 Å². The van der Waals surface area contributed by atoms with Crippen molar-refractivity contribution in [3.05, 3.63) is 255 Å². The number of para-hydroxylation sites is 2. The first-order valence-corrected chi connectivity index (χ1v) is 21.3. The van der Waals surface area contributed by atoms with Crippen molar-refractivity contribution in [3.8, 4) is 61.3 Å². The molecular formula is C60H42N2. The number of benzene rings is 10. The molecule has 0 amide bonds. The summed E-state index contributed by atoms with van der Waals surface area (Å²) in [4.78, 5) is 2.45. The highest BCUT2D eigenvalue weighted by Crippen LogP contribution is 2.47. The van der Waals surface area contributed by atoms with Crippen molar-refractivity contribution in [2.45, 2.75) is 0 Å². The number of hydrogen-bond donors (Lipinski definition) is 0. The second kappa shape index (κ2) is 16.1. The van der Waals surface area contributed by atoms with Gasteiger partial charge in [0.15, 0.2) is 0 Å². The van der Waals surface area contributed by atoms with Gasteiger partial charge in [-0.1, -0.05) is 200 Å². The standard InChI is InChI=1S/C60H42N2/c1-5-15-43(16-6-1)46-25-27-48(28-26-46)50-35-39-55(40-36-50)61(54-37-33-49(34-38-54)45-19-9-3-10-20-45)58-41-52(51-31-29-47(30-32-51)44-17-7-2-8-18-44)42-59-60(58)56-23-13-14-24-57(56)62(59)53-21-11-4-12-22-53/h1-42H. The van der Waals surface area contributed by atoms with Crippen LogP contribution >= 0.6 is 0 Å². The van der Waals surface area contributed by atoms with E-state index < -0.39 is 0 Å². The Morgan fingerprint density at radius 3 is 1.03 bits per heavy atom. The molecule has 2 nitrogen and oxygen atoms in total. The molecule has 62 heavy (non-hydrogen) atoms. The minimum absolute atomic E-state index is 1.08. The number of fused-ring (bicyclic) bond motifs is 3. The topological polar surface area (TPSA) is 8.17 Å². The van der Waals surface area contributed by atoms with E-state index in [0.29, 0.717) is 0 Å². The van der Waals surface area contributed by atoms with E-state index in [4.69, 9.17) is 0 Å². The summed E-state index contributed by atoms with van der Waals surface area (Å²) in [7, 11) is 0. The summed E-state index contributed by atoms with van der Waals surface area (Å²) in [6.45, 7) is 0. The van der Waals surface area contributed by atoms with Crippen LogP contribution in [0, 0.1) is 0 Å². The lowest BCUT2D eigenvalue weighted by Crippen LogP contribution is -2.11. The summed E-state index contributed by atoms with van der Waals surface area (Å²) < 4.78 is 2.43. The first-order valence-electron chi connectivity index (χ1n) is 21.3. The molecular weight excluding hydrogens is 749 g/mol. The second-order valence-electron chi connectivity index (χ2n) is 15.8. The minimum atomic E-state index is 1.08. The van der Waals surface area contributed by atoms with Gasteiger partial charge in [0.1, 0.15) is 0 Å². The quantitative estimate of drug-likeness (QED) is 0.141. The van der Waals surface area contributed by atoms with Crippen LogP contribution in [-0.2, 0) is 0 Å². The third-order valence-corrected chi connectivity index (χ3v) is 12.0. The first kappa shape index (κ1) is 36.8. The van der Waals surface area contributed by atoms with E-state index >= 15 is 0 Å². The van der Waals surface area contributed by atoms with Crippen molar-refractivity contribution in [3.63, 3.8) is 0 Å². The van der Waals surface area contributed by atoms with Crippen molar-refractivity contribution >= 4 is 38.9 Å². The van der Waals surface area contributed by atoms with Crippen molar-refractivity contribution < 1.29 is 0 Å². The summed E-state index contributed by atoms with van der Waals surface area (Å²) in [5.41, 5.74) is 18.6. The molecule has 0 saturated carbocycles. The number of rotatable bonds is 9.